The van der Waals surface area contributed by atoms with Crippen LogP contribution in [0.2, 0.25) is 0 Å². The van der Waals surface area contributed by atoms with Gasteiger partial charge in [-0.1, -0.05) is 6.07 Å². The third kappa shape index (κ3) is 3.92. The first-order valence-electron chi connectivity index (χ1n) is 6.25. The molecule has 0 aliphatic carbocycles. The molecule has 0 aromatic heterocycles. The molecule has 1 aromatic rings. The van der Waals surface area contributed by atoms with E-state index in [-0.39, 0.29) is 10.9 Å². The Morgan fingerprint density at radius 3 is 2.58 bits per heavy atom. The van der Waals surface area contributed by atoms with Crippen LogP contribution in [0.5, 0.6) is 0 Å². The smallest absolute Gasteiger partial charge is 0.241 e. The van der Waals surface area contributed by atoms with Gasteiger partial charge in [-0.15, -0.1) is 0 Å². The molecule has 0 heterocycles. The maximum atomic E-state index is 12.4. The molecule has 1 atom stereocenters. The second kappa shape index (κ2) is 6.36. The molecule has 19 heavy (non-hydrogen) atoms. The molecule has 0 bridgehead atoms. The van der Waals surface area contributed by atoms with Crippen LogP contribution >= 0.6 is 0 Å². The van der Waals surface area contributed by atoms with Gasteiger partial charge in [0.2, 0.25) is 10.0 Å². The van der Waals surface area contributed by atoms with E-state index in [0.717, 1.165) is 0 Å². The number of benzene rings is 1. The minimum Gasteiger partial charge on any atom is -0.398 e. The van der Waals surface area contributed by atoms with E-state index in [9.17, 15) is 8.42 Å². The summed E-state index contributed by atoms with van der Waals surface area (Å²) in [5.41, 5.74) is 7.52. The van der Waals surface area contributed by atoms with Gasteiger partial charge in [-0.25, -0.2) is 13.1 Å². The number of aryl methyl sites for hydroxylation is 1. The average molecular weight is 286 g/mol. The quantitative estimate of drug-likeness (QED) is 0.778. The molecule has 0 fully saturated rings. The number of nitrogens with two attached hydrogens (primary N) is 1. The predicted molar refractivity (Wildman–Crippen MR) is 76.6 cm³/mol. The summed E-state index contributed by atoms with van der Waals surface area (Å²) in [6, 6.07) is 3.14. The summed E-state index contributed by atoms with van der Waals surface area (Å²) < 4.78 is 32.6. The molecular formula is C13H22N2O3S. The number of ether oxygens (including phenoxy) is 1. The van der Waals surface area contributed by atoms with Gasteiger partial charge < -0.3 is 10.5 Å². The zero-order valence-electron chi connectivity index (χ0n) is 11.9. The lowest BCUT2D eigenvalue weighted by atomic mass is 10.1. The van der Waals surface area contributed by atoms with Gasteiger partial charge >= 0.3 is 0 Å². The minimum atomic E-state index is -3.58. The van der Waals surface area contributed by atoms with Crippen molar-refractivity contribution in [1.82, 2.24) is 4.72 Å². The Bertz CT molecular complexity index is 541. The van der Waals surface area contributed by atoms with E-state index < -0.39 is 10.0 Å². The summed E-state index contributed by atoms with van der Waals surface area (Å²) in [6.07, 6.45) is 0. The van der Waals surface area contributed by atoms with E-state index in [1.54, 1.807) is 32.9 Å². The fraction of sp³-hybridized carbons (Fsp3) is 0.538. The van der Waals surface area contributed by atoms with Gasteiger partial charge in [0.15, 0.2) is 0 Å². The van der Waals surface area contributed by atoms with Gasteiger partial charge in [0.25, 0.3) is 0 Å². The Kier molecular flexibility index (Phi) is 5.34. The monoisotopic (exact) mass is 286 g/mol. The number of nitrogen functional groups attached to an aromatic ring is 1. The first-order valence-corrected chi connectivity index (χ1v) is 7.73. The zero-order chi connectivity index (χ0) is 14.6. The molecule has 0 saturated heterocycles. The number of anilines is 1. The maximum Gasteiger partial charge on any atom is 0.241 e. The van der Waals surface area contributed by atoms with Gasteiger partial charge in [0, 0.05) is 18.3 Å². The lowest BCUT2D eigenvalue weighted by Gasteiger charge is -2.17. The molecule has 0 spiro atoms. The second-order valence-electron chi connectivity index (χ2n) is 4.61. The van der Waals surface area contributed by atoms with E-state index in [1.165, 1.54) is 0 Å². The first kappa shape index (κ1) is 15.9. The Hall–Kier alpha value is -1.11. The number of hydrogen-bond donors (Lipinski definition) is 2. The molecule has 6 heteroatoms. The van der Waals surface area contributed by atoms with Crippen molar-refractivity contribution in [2.45, 2.75) is 38.6 Å². The van der Waals surface area contributed by atoms with Crippen LogP contribution < -0.4 is 10.5 Å². The lowest BCUT2D eigenvalue weighted by molar-refractivity contribution is 0.133. The highest BCUT2D eigenvalue weighted by Gasteiger charge is 2.22. The highest BCUT2D eigenvalue weighted by Crippen LogP contribution is 2.24. The molecule has 0 radical (unpaired) electrons. The molecule has 1 aromatic carbocycles. The van der Waals surface area contributed by atoms with Crippen molar-refractivity contribution in [1.29, 1.82) is 0 Å². The van der Waals surface area contributed by atoms with Gasteiger partial charge in [-0.05, 0) is 44.9 Å². The topological polar surface area (TPSA) is 81.4 Å². The molecule has 0 saturated carbocycles. The summed E-state index contributed by atoms with van der Waals surface area (Å²) in [5, 5.41) is 0. The van der Waals surface area contributed by atoms with Crippen LogP contribution in [-0.2, 0) is 14.8 Å². The van der Waals surface area contributed by atoms with Crippen LogP contribution in [0.3, 0.4) is 0 Å². The van der Waals surface area contributed by atoms with Crippen molar-refractivity contribution in [2.24, 2.45) is 0 Å². The lowest BCUT2D eigenvalue weighted by Crippen LogP contribution is -2.36. The highest BCUT2D eigenvalue weighted by atomic mass is 32.2. The maximum absolute atomic E-state index is 12.4. The van der Waals surface area contributed by atoms with Crippen LogP contribution in [-0.4, -0.2) is 27.7 Å². The summed E-state index contributed by atoms with van der Waals surface area (Å²) >= 11 is 0. The van der Waals surface area contributed by atoms with Crippen LogP contribution in [0.1, 0.15) is 25.0 Å². The summed E-state index contributed by atoms with van der Waals surface area (Å²) in [6.45, 7) is 8.01. The summed E-state index contributed by atoms with van der Waals surface area (Å²) in [5.74, 6) is 0. The zero-order valence-corrected chi connectivity index (χ0v) is 12.7. The highest BCUT2D eigenvalue weighted by molar-refractivity contribution is 7.89. The largest absolute Gasteiger partial charge is 0.398 e. The molecule has 1 unspecified atom stereocenters. The number of rotatable bonds is 6. The Balaban J connectivity index is 3.04. The van der Waals surface area contributed by atoms with Crippen molar-refractivity contribution in [3.8, 4) is 0 Å². The molecule has 0 aliphatic rings. The molecule has 1 rings (SSSR count). The fourth-order valence-corrected chi connectivity index (χ4v) is 3.64. The van der Waals surface area contributed by atoms with Gasteiger partial charge in [0.1, 0.15) is 0 Å². The second-order valence-corrected chi connectivity index (χ2v) is 6.26. The Morgan fingerprint density at radius 1 is 1.37 bits per heavy atom. The predicted octanol–water partition coefficient (Wildman–Crippen LogP) is 1.59. The fourth-order valence-electron chi connectivity index (χ4n) is 1.91. The van der Waals surface area contributed by atoms with Gasteiger partial charge in [-0.3, -0.25) is 0 Å². The average Bonchev–Trinajstić information content (AvgIpc) is 2.31. The SMILES string of the molecule is CCOCC(C)NS(=O)(=O)c1c(C)ccc(N)c1C. The van der Waals surface area contributed by atoms with Crippen LogP contribution in [0.15, 0.2) is 17.0 Å². The van der Waals surface area contributed by atoms with E-state index >= 15 is 0 Å². The van der Waals surface area contributed by atoms with Gasteiger partial charge in [-0.2, -0.15) is 0 Å². The molecule has 108 valence electrons. The van der Waals surface area contributed by atoms with Crippen LogP contribution in [0.25, 0.3) is 0 Å². The van der Waals surface area contributed by atoms with E-state index in [4.69, 9.17) is 10.5 Å². The van der Waals surface area contributed by atoms with E-state index in [0.29, 0.717) is 30.0 Å². The number of hydrogen-bond acceptors (Lipinski definition) is 4. The first-order chi connectivity index (χ1) is 8.79. The van der Waals surface area contributed by atoms with Crippen LogP contribution in [0, 0.1) is 13.8 Å². The third-order valence-corrected chi connectivity index (χ3v) is 4.72. The standard InChI is InChI=1S/C13H22N2O3S/c1-5-18-8-10(3)15-19(16,17)13-9(2)6-7-12(14)11(13)4/h6-7,10,15H,5,8,14H2,1-4H3. The number of nitrogens with one attached hydrogen (secondary N) is 1. The van der Waals surface area contributed by atoms with Crippen molar-refractivity contribution in [3.63, 3.8) is 0 Å². The number of sulfonamides is 1. The summed E-state index contributed by atoms with van der Waals surface area (Å²) in [7, 11) is -3.58. The van der Waals surface area contributed by atoms with Crippen molar-refractivity contribution >= 4 is 15.7 Å². The van der Waals surface area contributed by atoms with Crippen molar-refractivity contribution < 1.29 is 13.2 Å². The molecular weight excluding hydrogens is 264 g/mol. The van der Waals surface area contributed by atoms with Crippen LogP contribution in [0.4, 0.5) is 5.69 Å². The normalized spacial score (nSPS) is 13.5. The van der Waals surface area contributed by atoms with E-state index in [2.05, 4.69) is 4.72 Å². The molecule has 0 amide bonds. The molecule has 3 N–H and O–H groups in total. The molecule has 5 nitrogen and oxygen atoms in total. The Labute approximate surface area is 115 Å². The van der Waals surface area contributed by atoms with E-state index in [1.807, 2.05) is 6.92 Å². The third-order valence-electron chi connectivity index (χ3n) is 2.84. The minimum absolute atomic E-state index is 0.260. The molecule has 0 aliphatic heterocycles. The van der Waals surface area contributed by atoms with Crippen molar-refractivity contribution in [3.05, 3.63) is 23.3 Å². The van der Waals surface area contributed by atoms with Gasteiger partial charge in [0.05, 0.1) is 11.5 Å². The Morgan fingerprint density at radius 2 is 2.00 bits per heavy atom. The summed E-state index contributed by atoms with van der Waals surface area (Å²) in [4.78, 5) is 0.260. The van der Waals surface area contributed by atoms with Crippen molar-refractivity contribution in [2.75, 3.05) is 18.9 Å².